The van der Waals surface area contributed by atoms with E-state index in [1.165, 1.54) is 0 Å². The number of pyridine rings is 1. The Kier molecular flexibility index (Phi) is 3.66. The number of benzene rings is 2. The van der Waals surface area contributed by atoms with Gasteiger partial charge in [-0.15, -0.1) is 0 Å². The molecular formula is C18H16ClNO. The summed E-state index contributed by atoms with van der Waals surface area (Å²) in [6.45, 7) is 1.80. The second kappa shape index (κ2) is 5.47. The SMILES string of the molecule is CC(O)(Cc1ccc2ccccc2n1)c1ccc(Cl)cc1. The third kappa shape index (κ3) is 3.07. The van der Waals surface area contributed by atoms with Crippen molar-refractivity contribution in [1.29, 1.82) is 0 Å². The molecule has 2 aromatic carbocycles. The third-order valence-corrected chi connectivity index (χ3v) is 3.90. The van der Waals surface area contributed by atoms with Crippen LogP contribution >= 0.6 is 11.6 Å². The van der Waals surface area contributed by atoms with E-state index in [4.69, 9.17) is 11.6 Å². The largest absolute Gasteiger partial charge is 0.385 e. The van der Waals surface area contributed by atoms with Crippen molar-refractivity contribution >= 4 is 22.5 Å². The van der Waals surface area contributed by atoms with Gasteiger partial charge in [-0.25, -0.2) is 0 Å². The van der Waals surface area contributed by atoms with E-state index in [1.807, 2.05) is 48.5 Å². The van der Waals surface area contributed by atoms with Gasteiger partial charge in [-0.05, 0) is 36.8 Å². The van der Waals surface area contributed by atoms with Gasteiger partial charge < -0.3 is 5.11 Å². The summed E-state index contributed by atoms with van der Waals surface area (Å²) in [5.41, 5.74) is 1.68. The molecule has 0 spiro atoms. The lowest BCUT2D eigenvalue weighted by Crippen LogP contribution is -2.24. The van der Waals surface area contributed by atoms with Gasteiger partial charge in [-0.1, -0.05) is 48.0 Å². The van der Waals surface area contributed by atoms with Crippen molar-refractivity contribution in [3.8, 4) is 0 Å². The Hall–Kier alpha value is -1.90. The van der Waals surface area contributed by atoms with Crippen molar-refractivity contribution in [1.82, 2.24) is 4.98 Å². The van der Waals surface area contributed by atoms with Gasteiger partial charge in [-0.2, -0.15) is 0 Å². The summed E-state index contributed by atoms with van der Waals surface area (Å²) in [6.07, 6.45) is 0.458. The molecule has 3 rings (SSSR count). The van der Waals surface area contributed by atoms with Crippen molar-refractivity contribution < 1.29 is 5.11 Å². The number of fused-ring (bicyclic) bond motifs is 1. The first-order valence-corrected chi connectivity index (χ1v) is 7.25. The molecule has 3 aromatic rings. The minimum Gasteiger partial charge on any atom is -0.385 e. The number of nitrogens with zero attached hydrogens (tertiary/aromatic N) is 1. The van der Waals surface area contributed by atoms with Crippen LogP contribution in [-0.4, -0.2) is 10.1 Å². The normalized spacial score (nSPS) is 14.0. The number of halogens is 1. The van der Waals surface area contributed by atoms with Crippen molar-refractivity contribution in [2.75, 3.05) is 0 Å². The summed E-state index contributed by atoms with van der Waals surface area (Å²) in [5, 5.41) is 12.5. The Labute approximate surface area is 129 Å². The number of hydrogen-bond donors (Lipinski definition) is 1. The van der Waals surface area contributed by atoms with Gasteiger partial charge in [0.15, 0.2) is 0 Å². The fourth-order valence-corrected chi connectivity index (χ4v) is 2.60. The zero-order valence-electron chi connectivity index (χ0n) is 11.8. The van der Waals surface area contributed by atoms with Gasteiger partial charge in [-0.3, -0.25) is 4.98 Å². The summed E-state index contributed by atoms with van der Waals surface area (Å²) in [6, 6.07) is 19.3. The van der Waals surface area contributed by atoms with Gasteiger partial charge in [0.1, 0.15) is 0 Å². The molecule has 0 bridgehead atoms. The lowest BCUT2D eigenvalue weighted by Gasteiger charge is -2.23. The highest BCUT2D eigenvalue weighted by atomic mass is 35.5. The maximum Gasteiger partial charge on any atom is 0.0923 e. The Bertz CT molecular complexity index is 766. The lowest BCUT2D eigenvalue weighted by molar-refractivity contribution is 0.0567. The van der Waals surface area contributed by atoms with Crippen LogP contribution in [0.5, 0.6) is 0 Å². The van der Waals surface area contributed by atoms with Crippen LogP contribution in [-0.2, 0) is 12.0 Å². The van der Waals surface area contributed by atoms with E-state index in [2.05, 4.69) is 4.98 Å². The van der Waals surface area contributed by atoms with Crippen LogP contribution < -0.4 is 0 Å². The molecular weight excluding hydrogens is 282 g/mol. The van der Waals surface area contributed by atoms with E-state index < -0.39 is 5.60 Å². The van der Waals surface area contributed by atoms with E-state index in [1.54, 1.807) is 19.1 Å². The molecule has 0 radical (unpaired) electrons. The maximum absolute atomic E-state index is 10.7. The van der Waals surface area contributed by atoms with Crippen LogP contribution in [0.1, 0.15) is 18.2 Å². The third-order valence-electron chi connectivity index (χ3n) is 3.65. The molecule has 1 atom stereocenters. The van der Waals surface area contributed by atoms with Gasteiger partial charge in [0.05, 0.1) is 11.1 Å². The summed E-state index contributed by atoms with van der Waals surface area (Å²) >= 11 is 5.89. The van der Waals surface area contributed by atoms with E-state index in [0.717, 1.165) is 22.2 Å². The van der Waals surface area contributed by atoms with Crippen LogP contribution in [0.2, 0.25) is 5.02 Å². The van der Waals surface area contributed by atoms with Crippen LogP contribution in [0.25, 0.3) is 10.9 Å². The highest BCUT2D eigenvalue weighted by Crippen LogP contribution is 2.26. The molecule has 0 aliphatic carbocycles. The molecule has 0 aliphatic rings. The molecule has 0 saturated carbocycles. The first-order chi connectivity index (χ1) is 10.0. The molecule has 1 aromatic heterocycles. The van der Waals surface area contributed by atoms with E-state index in [0.29, 0.717) is 11.4 Å². The molecule has 0 aliphatic heterocycles. The smallest absolute Gasteiger partial charge is 0.0923 e. The molecule has 1 heterocycles. The minimum atomic E-state index is -0.972. The molecule has 106 valence electrons. The summed E-state index contributed by atoms with van der Waals surface area (Å²) in [7, 11) is 0. The van der Waals surface area contributed by atoms with E-state index in [9.17, 15) is 5.11 Å². The topological polar surface area (TPSA) is 33.1 Å². The maximum atomic E-state index is 10.7. The number of hydrogen-bond acceptors (Lipinski definition) is 2. The Balaban J connectivity index is 1.91. The van der Waals surface area contributed by atoms with Crippen LogP contribution in [0.3, 0.4) is 0 Å². The van der Waals surface area contributed by atoms with E-state index >= 15 is 0 Å². The number of aromatic nitrogens is 1. The van der Waals surface area contributed by atoms with Crippen molar-refractivity contribution in [2.45, 2.75) is 18.9 Å². The summed E-state index contributed by atoms with van der Waals surface area (Å²) < 4.78 is 0. The standard InChI is InChI=1S/C18H16ClNO/c1-18(21,14-7-9-15(19)10-8-14)12-16-11-6-13-4-2-3-5-17(13)20-16/h2-11,21H,12H2,1H3. The predicted molar refractivity (Wildman–Crippen MR) is 86.5 cm³/mol. The molecule has 0 amide bonds. The molecule has 0 fully saturated rings. The highest BCUT2D eigenvalue weighted by Gasteiger charge is 2.24. The first kappa shape index (κ1) is 14.1. The second-order valence-corrected chi connectivity index (χ2v) is 5.89. The quantitative estimate of drug-likeness (QED) is 0.780. The lowest BCUT2D eigenvalue weighted by atomic mass is 9.91. The zero-order valence-corrected chi connectivity index (χ0v) is 12.5. The summed E-state index contributed by atoms with van der Waals surface area (Å²) in [4.78, 5) is 4.62. The molecule has 1 unspecified atom stereocenters. The monoisotopic (exact) mass is 297 g/mol. The fraction of sp³-hybridized carbons (Fsp3) is 0.167. The molecule has 21 heavy (non-hydrogen) atoms. The Morgan fingerprint density at radius 2 is 1.71 bits per heavy atom. The number of rotatable bonds is 3. The molecule has 3 heteroatoms. The first-order valence-electron chi connectivity index (χ1n) is 6.88. The molecule has 1 N–H and O–H groups in total. The van der Waals surface area contributed by atoms with Crippen molar-refractivity contribution in [3.05, 3.63) is 76.9 Å². The van der Waals surface area contributed by atoms with Crippen LogP contribution in [0.15, 0.2) is 60.7 Å². The average molecular weight is 298 g/mol. The van der Waals surface area contributed by atoms with Crippen LogP contribution in [0.4, 0.5) is 0 Å². The highest BCUT2D eigenvalue weighted by molar-refractivity contribution is 6.30. The Morgan fingerprint density at radius 3 is 2.48 bits per heavy atom. The van der Waals surface area contributed by atoms with Crippen LogP contribution in [0, 0.1) is 0 Å². The minimum absolute atomic E-state index is 0.458. The van der Waals surface area contributed by atoms with E-state index in [-0.39, 0.29) is 0 Å². The average Bonchev–Trinajstić information content (AvgIpc) is 2.47. The molecule has 0 saturated heterocycles. The number of aliphatic hydroxyl groups is 1. The summed E-state index contributed by atoms with van der Waals surface area (Å²) in [5.74, 6) is 0. The van der Waals surface area contributed by atoms with Crippen molar-refractivity contribution in [2.24, 2.45) is 0 Å². The predicted octanol–water partition coefficient (Wildman–Crippen LogP) is 4.34. The van der Waals surface area contributed by atoms with Gasteiger partial charge in [0, 0.05) is 22.5 Å². The second-order valence-electron chi connectivity index (χ2n) is 5.45. The van der Waals surface area contributed by atoms with Gasteiger partial charge in [0.2, 0.25) is 0 Å². The number of para-hydroxylation sites is 1. The van der Waals surface area contributed by atoms with Gasteiger partial charge in [0.25, 0.3) is 0 Å². The fourth-order valence-electron chi connectivity index (χ4n) is 2.47. The zero-order chi connectivity index (χ0) is 14.9. The molecule has 2 nitrogen and oxygen atoms in total. The van der Waals surface area contributed by atoms with Gasteiger partial charge >= 0.3 is 0 Å². The Morgan fingerprint density at radius 1 is 1.00 bits per heavy atom. The van der Waals surface area contributed by atoms with Crippen molar-refractivity contribution in [3.63, 3.8) is 0 Å².